The largest absolute Gasteiger partial charge is 0.481 e. The zero-order valence-corrected chi connectivity index (χ0v) is 18.4. The molecular formula is C24H29N3O4. The van der Waals surface area contributed by atoms with Gasteiger partial charge in [0.1, 0.15) is 11.3 Å². The zero-order chi connectivity index (χ0) is 22.0. The highest BCUT2D eigenvalue weighted by Gasteiger charge is 2.37. The molecule has 1 aliphatic heterocycles. The summed E-state index contributed by atoms with van der Waals surface area (Å²) in [4.78, 5) is 23.6. The van der Waals surface area contributed by atoms with Gasteiger partial charge in [0, 0.05) is 44.0 Å². The Morgan fingerprint density at radius 1 is 1.32 bits per heavy atom. The molecule has 0 unspecified atom stereocenters. The van der Waals surface area contributed by atoms with Gasteiger partial charge in [-0.1, -0.05) is 0 Å². The van der Waals surface area contributed by atoms with Crippen molar-refractivity contribution in [1.82, 2.24) is 9.97 Å². The Morgan fingerprint density at radius 2 is 2.10 bits per heavy atom. The number of fused-ring (bicyclic) bond motifs is 1. The molecule has 7 nitrogen and oxygen atoms in total. The molecule has 1 aliphatic rings. The molecule has 164 valence electrons. The van der Waals surface area contributed by atoms with Crippen LogP contribution >= 0.6 is 0 Å². The van der Waals surface area contributed by atoms with E-state index >= 15 is 0 Å². The standard InChI is InChI=1S/C24H29N3O4/c1-16-13-18(14-17-6-12-31-21(16)17)20-22(26-19(15-25-20)5-4-11-30-3)27-9-7-24(2,8-10-27)23(28)29/h6,12-15H,4-5,7-11H2,1-3H3,(H,28,29). The number of methoxy groups -OCH3 is 1. The topological polar surface area (TPSA) is 88.7 Å². The van der Waals surface area contributed by atoms with Crippen molar-refractivity contribution < 1.29 is 19.1 Å². The SMILES string of the molecule is COCCCc1cnc(-c2cc(C)c3occc3c2)c(N2CCC(C)(C(=O)O)CC2)n1. The quantitative estimate of drug-likeness (QED) is 0.561. The number of hydrogen-bond acceptors (Lipinski definition) is 6. The minimum absolute atomic E-state index is 0.581. The smallest absolute Gasteiger partial charge is 0.309 e. The van der Waals surface area contributed by atoms with Gasteiger partial charge in [0.15, 0.2) is 5.82 Å². The van der Waals surface area contributed by atoms with Gasteiger partial charge in [0.25, 0.3) is 0 Å². The maximum absolute atomic E-state index is 11.7. The Morgan fingerprint density at radius 3 is 2.81 bits per heavy atom. The van der Waals surface area contributed by atoms with Gasteiger partial charge in [-0.3, -0.25) is 9.78 Å². The van der Waals surface area contributed by atoms with Crippen molar-refractivity contribution in [2.24, 2.45) is 5.41 Å². The number of aliphatic carboxylic acids is 1. The maximum Gasteiger partial charge on any atom is 0.309 e. The first-order chi connectivity index (χ1) is 14.9. The summed E-state index contributed by atoms with van der Waals surface area (Å²) in [6.07, 6.45) is 6.36. The molecule has 0 aliphatic carbocycles. The second-order valence-corrected chi connectivity index (χ2v) is 8.61. The summed E-state index contributed by atoms with van der Waals surface area (Å²) in [5, 5.41) is 10.6. The van der Waals surface area contributed by atoms with Gasteiger partial charge in [0.2, 0.25) is 0 Å². The molecular weight excluding hydrogens is 394 g/mol. The predicted molar refractivity (Wildman–Crippen MR) is 119 cm³/mol. The molecule has 2 aromatic heterocycles. The molecule has 0 atom stereocenters. The van der Waals surface area contributed by atoms with Crippen molar-refractivity contribution in [2.45, 2.75) is 39.5 Å². The fourth-order valence-corrected chi connectivity index (χ4v) is 4.18. The fraction of sp³-hybridized carbons (Fsp3) is 0.458. The van der Waals surface area contributed by atoms with Crippen LogP contribution in [0.2, 0.25) is 0 Å². The second kappa shape index (κ2) is 8.67. The van der Waals surface area contributed by atoms with Gasteiger partial charge < -0.3 is 19.2 Å². The van der Waals surface area contributed by atoms with Crippen molar-refractivity contribution in [3.63, 3.8) is 0 Å². The summed E-state index contributed by atoms with van der Waals surface area (Å²) < 4.78 is 10.8. The van der Waals surface area contributed by atoms with E-state index in [4.69, 9.17) is 19.1 Å². The van der Waals surface area contributed by atoms with Crippen molar-refractivity contribution in [3.8, 4) is 11.3 Å². The molecule has 4 rings (SSSR count). The number of aryl methyl sites for hydroxylation is 2. The molecule has 0 spiro atoms. The molecule has 7 heteroatoms. The number of carboxylic acids is 1. The zero-order valence-electron chi connectivity index (χ0n) is 18.4. The van der Waals surface area contributed by atoms with Gasteiger partial charge in [-0.05, 0) is 63.3 Å². The van der Waals surface area contributed by atoms with Crippen molar-refractivity contribution in [1.29, 1.82) is 0 Å². The minimum atomic E-state index is -0.729. The summed E-state index contributed by atoms with van der Waals surface area (Å²) in [6.45, 7) is 5.81. The summed E-state index contributed by atoms with van der Waals surface area (Å²) in [5.74, 6) is 0.0948. The normalized spacial score (nSPS) is 16.0. The molecule has 3 heterocycles. The summed E-state index contributed by atoms with van der Waals surface area (Å²) in [7, 11) is 1.70. The van der Waals surface area contributed by atoms with Crippen LogP contribution in [0.3, 0.4) is 0 Å². The Bertz CT molecular complexity index is 1080. The lowest BCUT2D eigenvalue weighted by atomic mass is 9.80. The van der Waals surface area contributed by atoms with Crippen LogP contribution < -0.4 is 4.90 Å². The number of piperidine rings is 1. The Hall–Kier alpha value is -2.93. The van der Waals surface area contributed by atoms with E-state index in [0.29, 0.717) is 32.5 Å². The van der Waals surface area contributed by atoms with Gasteiger partial charge in [-0.25, -0.2) is 4.98 Å². The van der Waals surface area contributed by atoms with Crippen molar-refractivity contribution in [2.75, 3.05) is 31.7 Å². The van der Waals surface area contributed by atoms with E-state index in [1.54, 1.807) is 13.4 Å². The minimum Gasteiger partial charge on any atom is -0.481 e. The number of nitrogens with zero attached hydrogens (tertiary/aromatic N) is 3. The van der Waals surface area contributed by atoms with Gasteiger partial charge in [0.05, 0.1) is 17.4 Å². The highest BCUT2D eigenvalue weighted by atomic mass is 16.5. The molecule has 1 saturated heterocycles. The van der Waals surface area contributed by atoms with Crippen molar-refractivity contribution >= 4 is 22.8 Å². The molecule has 0 saturated carbocycles. The number of hydrogen-bond donors (Lipinski definition) is 1. The monoisotopic (exact) mass is 423 g/mol. The number of benzene rings is 1. The lowest BCUT2D eigenvalue weighted by molar-refractivity contribution is -0.149. The third-order valence-electron chi connectivity index (χ3n) is 6.28. The number of carbonyl (C=O) groups is 1. The van der Waals surface area contributed by atoms with Crippen LogP contribution in [0.4, 0.5) is 5.82 Å². The van der Waals surface area contributed by atoms with Gasteiger partial charge in [-0.2, -0.15) is 0 Å². The summed E-state index contributed by atoms with van der Waals surface area (Å²) >= 11 is 0. The van der Waals surface area contributed by atoms with Crippen LogP contribution in [0.25, 0.3) is 22.2 Å². The van der Waals surface area contributed by atoms with Crippen LogP contribution in [-0.4, -0.2) is 47.8 Å². The van der Waals surface area contributed by atoms with Crippen LogP contribution in [0.5, 0.6) is 0 Å². The molecule has 1 N–H and O–H groups in total. The fourth-order valence-electron chi connectivity index (χ4n) is 4.18. The van der Waals surface area contributed by atoms with Crippen LogP contribution in [0.15, 0.2) is 35.1 Å². The third kappa shape index (κ3) is 4.28. The molecule has 0 radical (unpaired) electrons. The van der Waals surface area contributed by atoms with Crippen LogP contribution in [0.1, 0.15) is 37.4 Å². The Balaban J connectivity index is 1.71. The van der Waals surface area contributed by atoms with Crippen molar-refractivity contribution in [3.05, 3.63) is 41.9 Å². The average Bonchev–Trinajstić information content (AvgIpc) is 3.24. The first-order valence-electron chi connectivity index (χ1n) is 10.7. The molecule has 1 fully saturated rings. The average molecular weight is 424 g/mol. The molecule has 1 aromatic carbocycles. The molecule has 0 bridgehead atoms. The number of aromatic nitrogens is 2. The number of anilines is 1. The van der Waals surface area contributed by atoms with Crippen LogP contribution in [0, 0.1) is 12.3 Å². The molecule has 0 amide bonds. The Labute approximate surface area is 182 Å². The first-order valence-corrected chi connectivity index (χ1v) is 10.7. The maximum atomic E-state index is 11.7. The Kier molecular flexibility index (Phi) is 5.96. The number of furan rings is 1. The van der Waals surface area contributed by atoms with E-state index in [1.165, 1.54) is 0 Å². The van der Waals surface area contributed by atoms with Crippen LogP contribution in [-0.2, 0) is 16.0 Å². The summed E-state index contributed by atoms with van der Waals surface area (Å²) in [6, 6.07) is 6.11. The third-order valence-corrected chi connectivity index (χ3v) is 6.28. The number of carboxylic acid groups (broad SMARTS) is 1. The van der Waals surface area contributed by atoms with E-state index in [1.807, 2.05) is 26.1 Å². The predicted octanol–water partition coefficient (Wildman–Crippen LogP) is 4.47. The molecule has 3 aromatic rings. The lowest BCUT2D eigenvalue weighted by Gasteiger charge is -2.37. The van der Waals surface area contributed by atoms with E-state index in [2.05, 4.69) is 17.0 Å². The molecule has 31 heavy (non-hydrogen) atoms. The lowest BCUT2D eigenvalue weighted by Crippen LogP contribution is -2.43. The van der Waals surface area contributed by atoms with E-state index in [-0.39, 0.29) is 0 Å². The van der Waals surface area contributed by atoms with E-state index in [0.717, 1.165) is 52.1 Å². The number of rotatable bonds is 7. The second-order valence-electron chi connectivity index (χ2n) is 8.61. The van der Waals surface area contributed by atoms with E-state index in [9.17, 15) is 9.90 Å². The number of ether oxygens (including phenoxy) is 1. The van der Waals surface area contributed by atoms with Gasteiger partial charge >= 0.3 is 5.97 Å². The van der Waals surface area contributed by atoms with E-state index < -0.39 is 11.4 Å². The highest BCUT2D eigenvalue weighted by molar-refractivity contribution is 5.87. The summed E-state index contributed by atoms with van der Waals surface area (Å²) in [5.41, 5.74) is 3.97. The highest BCUT2D eigenvalue weighted by Crippen LogP contribution is 2.37. The first kappa shape index (κ1) is 21.3. The van der Waals surface area contributed by atoms with Gasteiger partial charge in [-0.15, -0.1) is 0 Å².